The number of nitrogens with zero attached hydrogens (tertiary/aromatic N) is 3. The molecule has 4 rings (SSSR count). The zero-order chi connectivity index (χ0) is 20.1. The first-order valence-electron chi connectivity index (χ1n) is 9.54. The topological polar surface area (TPSA) is 67.4 Å². The third-order valence-corrected chi connectivity index (χ3v) is 5.06. The van der Waals surface area contributed by atoms with E-state index in [0.717, 1.165) is 25.1 Å². The molecular formula is C22H21ClN4O2. The number of halogens is 1. The molecule has 7 heteroatoms. The lowest BCUT2D eigenvalue weighted by Gasteiger charge is -2.33. The van der Waals surface area contributed by atoms with Crippen LogP contribution in [0.3, 0.4) is 0 Å². The molecule has 1 aliphatic heterocycles. The molecule has 0 bridgehead atoms. The van der Waals surface area contributed by atoms with E-state index in [1.807, 2.05) is 30.3 Å². The molecule has 29 heavy (non-hydrogen) atoms. The number of carbonyl (C=O) groups excluding carboxylic acids is 1. The average molecular weight is 409 g/mol. The van der Waals surface area contributed by atoms with Crippen LogP contribution in [0.25, 0.3) is 0 Å². The van der Waals surface area contributed by atoms with Gasteiger partial charge in [0.15, 0.2) is 5.82 Å². The van der Waals surface area contributed by atoms with Crippen LogP contribution in [0.1, 0.15) is 12.8 Å². The molecule has 2 aromatic carbocycles. The van der Waals surface area contributed by atoms with Gasteiger partial charge in [-0.2, -0.15) is 0 Å². The maximum atomic E-state index is 12.8. The molecule has 0 spiro atoms. The van der Waals surface area contributed by atoms with Crippen molar-refractivity contribution < 1.29 is 9.53 Å². The number of hydrogen-bond acceptors (Lipinski definition) is 5. The number of aromatic nitrogens is 2. The quantitative estimate of drug-likeness (QED) is 0.658. The number of carbonyl (C=O) groups is 1. The lowest BCUT2D eigenvalue weighted by Crippen LogP contribution is -2.41. The molecule has 0 aliphatic carbocycles. The summed E-state index contributed by atoms with van der Waals surface area (Å²) in [6.45, 7) is 1.36. The number of hydrogen-bond donors (Lipinski definition) is 1. The number of ether oxygens (including phenoxy) is 1. The van der Waals surface area contributed by atoms with Gasteiger partial charge in [0.2, 0.25) is 5.91 Å². The van der Waals surface area contributed by atoms with E-state index in [9.17, 15) is 4.79 Å². The Labute approximate surface area is 174 Å². The van der Waals surface area contributed by atoms with Gasteiger partial charge in [0.1, 0.15) is 5.75 Å². The average Bonchev–Trinajstić information content (AvgIpc) is 2.76. The van der Waals surface area contributed by atoms with E-state index < -0.39 is 0 Å². The molecule has 6 nitrogen and oxygen atoms in total. The number of piperidine rings is 1. The van der Waals surface area contributed by atoms with E-state index in [2.05, 4.69) is 20.2 Å². The summed E-state index contributed by atoms with van der Waals surface area (Å²) in [5.41, 5.74) is 0.740. The van der Waals surface area contributed by atoms with Crippen LogP contribution in [0, 0.1) is 5.92 Å². The highest BCUT2D eigenvalue weighted by molar-refractivity contribution is 6.30. The Morgan fingerprint density at radius 2 is 1.83 bits per heavy atom. The van der Waals surface area contributed by atoms with Crippen LogP contribution in [0.2, 0.25) is 5.02 Å². The Bertz CT molecular complexity index is 966. The largest absolute Gasteiger partial charge is 0.436 e. The zero-order valence-electron chi connectivity index (χ0n) is 15.8. The third-order valence-electron chi connectivity index (χ3n) is 4.81. The van der Waals surface area contributed by atoms with Crippen LogP contribution >= 0.6 is 11.6 Å². The second-order valence-corrected chi connectivity index (χ2v) is 7.32. The summed E-state index contributed by atoms with van der Waals surface area (Å²) in [5.74, 6) is 1.64. The summed E-state index contributed by atoms with van der Waals surface area (Å²) in [6, 6.07) is 16.6. The van der Waals surface area contributed by atoms with E-state index in [1.165, 1.54) is 0 Å². The van der Waals surface area contributed by atoms with Crippen LogP contribution < -0.4 is 15.0 Å². The fourth-order valence-electron chi connectivity index (χ4n) is 3.37. The van der Waals surface area contributed by atoms with Gasteiger partial charge in [-0.3, -0.25) is 4.79 Å². The minimum absolute atomic E-state index is 0.00793. The normalized spacial score (nSPS) is 16.3. The van der Waals surface area contributed by atoms with E-state index in [4.69, 9.17) is 16.3 Å². The first-order chi connectivity index (χ1) is 14.2. The highest BCUT2D eigenvalue weighted by Crippen LogP contribution is 2.31. The van der Waals surface area contributed by atoms with Gasteiger partial charge < -0.3 is 15.0 Å². The van der Waals surface area contributed by atoms with E-state index in [-0.39, 0.29) is 11.8 Å². The van der Waals surface area contributed by atoms with Crippen molar-refractivity contribution in [2.75, 3.05) is 23.3 Å². The molecule has 1 aromatic heterocycles. The third kappa shape index (κ3) is 4.84. The van der Waals surface area contributed by atoms with E-state index in [0.29, 0.717) is 29.0 Å². The molecular weight excluding hydrogens is 388 g/mol. The maximum Gasteiger partial charge on any atom is 0.263 e. The van der Waals surface area contributed by atoms with Gasteiger partial charge in [-0.15, -0.1) is 0 Å². The lowest BCUT2D eigenvalue weighted by molar-refractivity contribution is -0.120. The highest BCUT2D eigenvalue weighted by Gasteiger charge is 2.28. The number of anilines is 2. The molecule has 0 radical (unpaired) electrons. The van der Waals surface area contributed by atoms with Gasteiger partial charge in [0.05, 0.1) is 5.92 Å². The number of amides is 1. The van der Waals surface area contributed by atoms with Gasteiger partial charge in [0, 0.05) is 36.2 Å². The Kier molecular flexibility index (Phi) is 5.91. The minimum atomic E-state index is -0.147. The SMILES string of the molecule is O=C(Nc1ccc(Cl)cc1)[C@@H]1CCCN(c2nccnc2Oc2ccccc2)C1. The molecule has 1 amide bonds. The van der Waals surface area contributed by atoms with Crippen molar-refractivity contribution >= 4 is 29.0 Å². The predicted molar refractivity (Wildman–Crippen MR) is 114 cm³/mol. The van der Waals surface area contributed by atoms with Crippen LogP contribution in [-0.2, 0) is 4.79 Å². The smallest absolute Gasteiger partial charge is 0.263 e. The molecule has 1 N–H and O–H groups in total. The zero-order valence-corrected chi connectivity index (χ0v) is 16.5. The van der Waals surface area contributed by atoms with Crippen LogP contribution in [0.4, 0.5) is 11.5 Å². The predicted octanol–water partition coefficient (Wildman–Crippen LogP) is 4.78. The van der Waals surface area contributed by atoms with Gasteiger partial charge in [-0.25, -0.2) is 9.97 Å². The minimum Gasteiger partial charge on any atom is -0.436 e. The van der Waals surface area contributed by atoms with E-state index in [1.54, 1.807) is 36.7 Å². The molecule has 1 aliphatic rings. The molecule has 1 saturated heterocycles. The summed E-state index contributed by atoms with van der Waals surface area (Å²) >= 11 is 5.91. The van der Waals surface area contributed by atoms with Crippen molar-refractivity contribution in [3.63, 3.8) is 0 Å². The van der Waals surface area contributed by atoms with Gasteiger partial charge >= 0.3 is 0 Å². The Morgan fingerprint density at radius 1 is 1.07 bits per heavy atom. The summed E-state index contributed by atoms with van der Waals surface area (Å²) < 4.78 is 5.94. The number of nitrogens with one attached hydrogen (secondary N) is 1. The van der Waals surface area contributed by atoms with Crippen LogP contribution in [0.5, 0.6) is 11.6 Å². The molecule has 1 atom stereocenters. The highest BCUT2D eigenvalue weighted by atomic mass is 35.5. The molecule has 3 aromatic rings. The van der Waals surface area contributed by atoms with Gasteiger partial charge in [-0.05, 0) is 49.2 Å². The maximum absolute atomic E-state index is 12.8. The number of benzene rings is 2. The van der Waals surface area contributed by atoms with Crippen molar-refractivity contribution in [1.29, 1.82) is 0 Å². The van der Waals surface area contributed by atoms with Gasteiger partial charge in [-0.1, -0.05) is 29.8 Å². The lowest BCUT2D eigenvalue weighted by atomic mass is 9.97. The molecule has 2 heterocycles. The van der Waals surface area contributed by atoms with E-state index >= 15 is 0 Å². The number of para-hydroxylation sites is 1. The van der Waals surface area contributed by atoms with Crippen molar-refractivity contribution in [3.05, 3.63) is 72.0 Å². The van der Waals surface area contributed by atoms with Gasteiger partial charge in [0.25, 0.3) is 5.88 Å². The fourth-order valence-corrected chi connectivity index (χ4v) is 3.49. The molecule has 148 valence electrons. The first-order valence-corrected chi connectivity index (χ1v) is 9.92. The fraction of sp³-hybridized carbons (Fsp3) is 0.227. The standard InChI is InChI=1S/C22H21ClN4O2/c23-17-8-10-18(11-9-17)26-21(28)16-5-4-14-27(15-16)20-22(25-13-12-24-20)29-19-6-2-1-3-7-19/h1-3,6-13,16H,4-5,14-15H2,(H,26,28)/t16-/m1/s1. The second kappa shape index (κ2) is 8.92. The second-order valence-electron chi connectivity index (χ2n) is 6.88. The Morgan fingerprint density at radius 3 is 2.62 bits per heavy atom. The van der Waals surface area contributed by atoms with Crippen molar-refractivity contribution in [3.8, 4) is 11.6 Å². The number of rotatable bonds is 5. The molecule has 0 saturated carbocycles. The van der Waals surface area contributed by atoms with Crippen molar-refractivity contribution in [1.82, 2.24) is 9.97 Å². The van der Waals surface area contributed by atoms with Crippen molar-refractivity contribution in [2.45, 2.75) is 12.8 Å². The summed E-state index contributed by atoms with van der Waals surface area (Å²) in [4.78, 5) is 23.7. The van der Waals surface area contributed by atoms with Crippen LogP contribution in [-0.4, -0.2) is 29.0 Å². The summed E-state index contributed by atoms with van der Waals surface area (Å²) in [5, 5.41) is 3.61. The summed E-state index contributed by atoms with van der Waals surface area (Å²) in [6.07, 6.45) is 4.96. The van der Waals surface area contributed by atoms with Crippen molar-refractivity contribution in [2.24, 2.45) is 5.92 Å². The first kappa shape index (κ1) is 19.2. The Hall–Kier alpha value is -3.12. The Balaban J connectivity index is 1.47. The monoisotopic (exact) mass is 408 g/mol. The summed E-state index contributed by atoms with van der Waals surface area (Å²) in [7, 11) is 0. The molecule has 1 fully saturated rings. The molecule has 0 unspecified atom stereocenters. The van der Waals surface area contributed by atoms with Crippen LogP contribution in [0.15, 0.2) is 67.0 Å².